The van der Waals surface area contributed by atoms with E-state index in [9.17, 15) is 4.21 Å². The maximum absolute atomic E-state index is 12.0. The van der Waals surface area contributed by atoms with Gasteiger partial charge in [0.15, 0.2) is 0 Å². The molecule has 0 aliphatic heterocycles. The van der Waals surface area contributed by atoms with E-state index in [0.717, 1.165) is 11.1 Å². The minimum Gasteiger partial charge on any atom is -0.242 e. The van der Waals surface area contributed by atoms with Crippen LogP contribution >= 0.6 is 0 Å². The molecule has 1 N–H and O–H groups in total. The van der Waals surface area contributed by atoms with Gasteiger partial charge in [-0.05, 0) is 51.8 Å². The lowest BCUT2D eigenvalue weighted by Gasteiger charge is -2.23. The van der Waals surface area contributed by atoms with Crippen LogP contribution < -0.4 is 4.72 Å². The average molecular weight is 264 g/mol. The predicted octanol–water partition coefficient (Wildman–Crippen LogP) is 2.98. The monoisotopic (exact) mass is 264 g/mol. The Labute approximate surface area is 112 Å². The highest BCUT2D eigenvalue weighted by Crippen LogP contribution is 2.22. The van der Waals surface area contributed by atoms with Crippen molar-refractivity contribution in [2.45, 2.75) is 45.4 Å². The number of hydrogen-bond donors (Lipinski definition) is 1. The van der Waals surface area contributed by atoms with E-state index in [1.807, 2.05) is 46.8 Å². The Hall–Kier alpha value is -1.18. The summed E-state index contributed by atoms with van der Waals surface area (Å²) in [5.74, 6) is 0. The molecule has 0 aliphatic carbocycles. The molecular formula is C14H20N2OS. The second-order valence-corrected chi connectivity index (χ2v) is 7.35. The zero-order chi connectivity index (χ0) is 13.9. The Morgan fingerprint density at radius 2 is 2.00 bits per heavy atom. The molecule has 1 unspecified atom stereocenters. The minimum atomic E-state index is -1.12. The fourth-order valence-electron chi connectivity index (χ4n) is 1.64. The van der Waals surface area contributed by atoms with Crippen molar-refractivity contribution in [2.24, 2.45) is 0 Å². The topological polar surface area (TPSA) is 52.9 Å². The highest BCUT2D eigenvalue weighted by molar-refractivity contribution is 7.84. The number of hydrogen-bond acceptors (Lipinski definition) is 2. The zero-order valence-corrected chi connectivity index (χ0v) is 12.4. The molecule has 0 bridgehead atoms. The van der Waals surface area contributed by atoms with Crippen LogP contribution in [0.4, 0.5) is 0 Å². The third-order valence-electron chi connectivity index (χ3n) is 2.80. The number of nitriles is 1. The molecule has 18 heavy (non-hydrogen) atoms. The first-order chi connectivity index (χ1) is 8.27. The fourth-order valence-corrected chi connectivity index (χ4v) is 2.45. The SMILES string of the molecule is Cc1c(C#N)cccc1C(C)N[S@](=O)C(C)(C)C. The van der Waals surface area contributed by atoms with Gasteiger partial charge < -0.3 is 0 Å². The second kappa shape index (κ2) is 5.64. The fraction of sp³-hybridized carbons (Fsp3) is 0.500. The maximum Gasteiger partial charge on any atom is 0.0994 e. The van der Waals surface area contributed by atoms with Gasteiger partial charge in [-0.1, -0.05) is 12.1 Å². The first-order valence-corrected chi connectivity index (χ1v) is 7.10. The summed E-state index contributed by atoms with van der Waals surface area (Å²) < 4.78 is 14.8. The van der Waals surface area contributed by atoms with Gasteiger partial charge in [-0.3, -0.25) is 0 Å². The van der Waals surface area contributed by atoms with Crippen molar-refractivity contribution in [1.82, 2.24) is 4.72 Å². The Balaban J connectivity index is 2.96. The lowest BCUT2D eigenvalue weighted by molar-refractivity contribution is 0.615. The van der Waals surface area contributed by atoms with E-state index in [2.05, 4.69) is 10.8 Å². The standard InChI is InChI=1S/C14H20N2OS/c1-10-12(9-15)7-6-8-13(10)11(2)16-18(17)14(3,4)5/h6-8,11,16H,1-5H3/t11?,18-/m1/s1. The van der Waals surface area contributed by atoms with E-state index in [0.29, 0.717) is 5.56 Å². The van der Waals surface area contributed by atoms with E-state index in [-0.39, 0.29) is 10.8 Å². The number of rotatable bonds is 3. The molecule has 3 nitrogen and oxygen atoms in total. The molecule has 98 valence electrons. The number of nitrogens with one attached hydrogen (secondary N) is 1. The lowest BCUT2D eigenvalue weighted by Crippen LogP contribution is -2.35. The summed E-state index contributed by atoms with van der Waals surface area (Å²) in [5, 5.41) is 9.01. The van der Waals surface area contributed by atoms with Crippen molar-refractivity contribution < 1.29 is 4.21 Å². The maximum atomic E-state index is 12.0. The van der Waals surface area contributed by atoms with Gasteiger partial charge in [-0.25, -0.2) is 8.93 Å². The van der Waals surface area contributed by atoms with Crippen LogP contribution in [0.2, 0.25) is 0 Å². The molecule has 0 saturated carbocycles. The van der Waals surface area contributed by atoms with Crippen molar-refractivity contribution in [1.29, 1.82) is 5.26 Å². The van der Waals surface area contributed by atoms with Gasteiger partial charge in [0.25, 0.3) is 0 Å². The lowest BCUT2D eigenvalue weighted by atomic mass is 9.99. The number of benzene rings is 1. The van der Waals surface area contributed by atoms with Crippen LogP contribution in [0, 0.1) is 18.3 Å². The summed E-state index contributed by atoms with van der Waals surface area (Å²) in [6.07, 6.45) is 0. The minimum absolute atomic E-state index is 0.0432. The molecule has 1 aromatic rings. The second-order valence-electron chi connectivity index (χ2n) is 5.35. The largest absolute Gasteiger partial charge is 0.242 e. The van der Waals surface area contributed by atoms with Crippen LogP contribution in [0.15, 0.2) is 18.2 Å². The van der Waals surface area contributed by atoms with Crippen LogP contribution in [-0.2, 0) is 11.0 Å². The zero-order valence-electron chi connectivity index (χ0n) is 11.6. The summed E-state index contributed by atoms with van der Waals surface area (Å²) in [4.78, 5) is 0. The first-order valence-electron chi connectivity index (χ1n) is 5.95. The van der Waals surface area contributed by atoms with Crippen molar-refractivity contribution in [3.8, 4) is 6.07 Å². The summed E-state index contributed by atoms with van der Waals surface area (Å²) in [6, 6.07) is 7.75. The van der Waals surface area contributed by atoms with Gasteiger partial charge in [0.2, 0.25) is 0 Å². The van der Waals surface area contributed by atoms with Crippen LogP contribution in [0.5, 0.6) is 0 Å². The van der Waals surface area contributed by atoms with E-state index in [1.54, 1.807) is 6.07 Å². The molecule has 0 aromatic heterocycles. The summed E-state index contributed by atoms with van der Waals surface area (Å²) in [5.41, 5.74) is 2.64. The van der Waals surface area contributed by atoms with Crippen molar-refractivity contribution in [3.63, 3.8) is 0 Å². The van der Waals surface area contributed by atoms with Gasteiger partial charge >= 0.3 is 0 Å². The molecule has 1 rings (SSSR count). The molecule has 2 atom stereocenters. The Morgan fingerprint density at radius 3 is 2.50 bits per heavy atom. The molecule has 0 spiro atoms. The van der Waals surface area contributed by atoms with Crippen molar-refractivity contribution in [3.05, 3.63) is 34.9 Å². The third-order valence-corrected chi connectivity index (χ3v) is 4.48. The van der Waals surface area contributed by atoms with E-state index < -0.39 is 11.0 Å². The van der Waals surface area contributed by atoms with Gasteiger partial charge in [-0.2, -0.15) is 5.26 Å². The summed E-state index contributed by atoms with van der Waals surface area (Å²) >= 11 is 0. The molecule has 0 radical (unpaired) electrons. The van der Waals surface area contributed by atoms with Gasteiger partial charge in [0.05, 0.1) is 27.4 Å². The van der Waals surface area contributed by atoms with Crippen molar-refractivity contribution in [2.75, 3.05) is 0 Å². The van der Waals surface area contributed by atoms with E-state index >= 15 is 0 Å². The average Bonchev–Trinajstić information content (AvgIpc) is 2.27. The Bertz CT molecular complexity index is 497. The molecule has 0 heterocycles. The first kappa shape index (κ1) is 14.9. The predicted molar refractivity (Wildman–Crippen MR) is 75.3 cm³/mol. The normalized spacial score (nSPS) is 14.9. The molecular weight excluding hydrogens is 244 g/mol. The highest BCUT2D eigenvalue weighted by atomic mass is 32.2. The van der Waals surface area contributed by atoms with E-state index in [4.69, 9.17) is 5.26 Å². The number of nitrogens with zero attached hydrogens (tertiary/aromatic N) is 1. The molecule has 0 aliphatic rings. The van der Waals surface area contributed by atoms with E-state index in [1.165, 1.54) is 0 Å². The van der Waals surface area contributed by atoms with Crippen LogP contribution in [-0.4, -0.2) is 8.96 Å². The molecule has 4 heteroatoms. The smallest absolute Gasteiger partial charge is 0.0994 e. The van der Waals surface area contributed by atoms with Crippen LogP contribution in [0.3, 0.4) is 0 Å². The molecule has 0 fully saturated rings. The summed E-state index contributed by atoms with van der Waals surface area (Å²) in [6.45, 7) is 9.68. The molecule has 0 saturated heterocycles. The highest BCUT2D eigenvalue weighted by Gasteiger charge is 2.22. The quantitative estimate of drug-likeness (QED) is 0.912. The Kier molecular flexibility index (Phi) is 4.66. The third kappa shape index (κ3) is 3.41. The van der Waals surface area contributed by atoms with Crippen molar-refractivity contribution >= 4 is 11.0 Å². The molecule has 0 amide bonds. The van der Waals surface area contributed by atoms with Gasteiger partial charge in [-0.15, -0.1) is 0 Å². The van der Waals surface area contributed by atoms with Gasteiger partial charge in [0.1, 0.15) is 0 Å². The van der Waals surface area contributed by atoms with Crippen LogP contribution in [0.25, 0.3) is 0 Å². The molecule has 1 aromatic carbocycles. The Morgan fingerprint density at radius 1 is 1.39 bits per heavy atom. The van der Waals surface area contributed by atoms with Gasteiger partial charge in [0, 0.05) is 6.04 Å². The van der Waals surface area contributed by atoms with Crippen LogP contribution in [0.1, 0.15) is 50.4 Å². The summed E-state index contributed by atoms with van der Waals surface area (Å²) in [7, 11) is -1.12.